The molecule has 2 rings (SSSR count). The van der Waals surface area contributed by atoms with Crippen molar-refractivity contribution in [2.45, 2.75) is 13.3 Å². The Labute approximate surface area is 141 Å². The van der Waals surface area contributed by atoms with Gasteiger partial charge in [-0.25, -0.2) is 4.79 Å². The van der Waals surface area contributed by atoms with Crippen molar-refractivity contribution in [2.24, 2.45) is 0 Å². The van der Waals surface area contributed by atoms with Crippen LogP contribution >= 0.6 is 0 Å². The van der Waals surface area contributed by atoms with Crippen LogP contribution in [0.4, 0.5) is 0 Å². The van der Waals surface area contributed by atoms with Gasteiger partial charge in [0, 0.05) is 17.6 Å². The van der Waals surface area contributed by atoms with Crippen molar-refractivity contribution in [1.82, 2.24) is 0 Å². The number of rotatable bonds is 8. The van der Waals surface area contributed by atoms with E-state index in [0.29, 0.717) is 35.5 Å². The van der Waals surface area contributed by atoms with Gasteiger partial charge >= 0.3 is 5.97 Å². The lowest BCUT2D eigenvalue weighted by molar-refractivity contribution is -0.139. The molecule has 0 unspecified atom stereocenters. The van der Waals surface area contributed by atoms with E-state index < -0.39 is 5.97 Å². The van der Waals surface area contributed by atoms with Crippen LogP contribution in [0.3, 0.4) is 0 Å². The second-order valence-electron chi connectivity index (χ2n) is 5.31. The van der Waals surface area contributed by atoms with Gasteiger partial charge in [-0.1, -0.05) is 49.0 Å². The maximum atomic E-state index is 12.6. The predicted molar refractivity (Wildman–Crippen MR) is 92.2 cm³/mol. The monoisotopic (exact) mass is 324 g/mol. The normalized spacial score (nSPS) is 10.0. The topological polar surface area (TPSA) is 52.6 Å². The van der Waals surface area contributed by atoms with Crippen LogP contribution in [0.25, 0.3) is 0 Å². The van der Waals surface area contributed by atoms with Crippen LogP contribution < -0.4 is 4.74 Å². The summed E-state index contributed by atoms with van der Waals surface area (Å²) in [6.45, 7) is 5.72. The number of ketones is 1. The standard InChI is InChI=1S/C20H20O4/c1-15(2)20(22)24-14-8-13-23-18-12-7-6-11-17(18)19(21)16-9-4-3-5-10-16/h3-7,9-12H,1,8,13-14H2,2H3. The Morgan fingerprint density at radius 3 is 2.33 bits per heavy atom. The third-order valence-corrected chi connectivity index (χ3v) is 3.30. The molecule has 0 aliphatic rings. The fourth-order valence-electron chi connectivity index (χ4n) is 2.05. The molecule has 0 aromatic heterocycles. The Morgan fingerprint density at radius 1 is 0.958 bits per heavy atom. The van der Waals surface area contributed by atoms with Crippen LogP contribution in [-0.4, -0.2) is 25.0 Å². The molecule has 0 spiro atoms. The molecule has 0 aliphatic heterocycles. The Bertz CT molecular complexity index is 719. The average molecular weight is 324 g/mol. The van der Waals surface area contributed by atoms with Gasteiger partial charge in [0.25, 0.3) is 0 Å². The second kappa shape index (κ2) is 8.67. The summed E-state index contributed by atoms with van der Waals surface area (Å²) >= 11 is 0. The largest absolute Gasteiger partial charge is 0.493 e. The number of hydrogen-bond donors (Lipinski definition) is 0. The molecular weight excluding hydrogens is 304 g/mol. The molecule has 2 aromatic carbocycles. The minimum Gasteiger partial charge on any atom is -0.493 e. The summed E-state index contributed by atoms with van der Waals surface area (Å²) in [7, 11) is 0. The zero-order valence-corrected chi connectivity index (χ0v) is 13.7. The first-order valence-corrected chi connectivity index (χ1v) is 7.74. The number of para-hydroxylation sites is 1. The van der Waals surface area contributed by atoms with E-state index in [9.17, 15) is 9.59 Å². The van der Waals surface area contributed by atoms with Gasteiger partial charge in [-0.05, 0) is 19.1 Å². The Morgan fingerprint density at radius 2 is 1.62 bits per heavy atom. The maximum Gasteiger partial charge on any atom is 0.333 e. The molecular formula is C20H20O4. The number of ether oxygens (including phenoxy) is 2. The van der Waals surface area contributed by atoms with Crippen LogP contribution in [0.1, 0.15) is 29.3 Å². The highest BCUT2D eigenvalue weighted by Gasteiger charge is 2.13. The van der Waals surface area contributed by atoms with Crippen molar-refractivity contribution in [1.29, 1.82) is 0 Å². The average Bonchev–Trinajstić information content (AvgIpc) is 2.61. The van der Waals surface area contributed by atoms with Crippen LogP contribution in [0.5, 0.6) is 5.75 Å². The summed E-state index contributed by atoms with van der Waals surface area (Å²) in [4.78, 5) is 23.8. The number of carbonyl (C=O) groups is 2. The van der Waals surface area contributed by atoms with E-state index in [4.69, 9.17) is 9.47 Å². The van der Waals surface area contributed by atoms with Crippen LogP contribution in [-0.2, 0) is 9.53 Å². The number of carbonyl (C=O) groups excluding carboxylic acids is 2. The van der Waals surface area contributed by atoms with Gasteiger partial charge in [0.15, 0.2) is 5.78 Å². The lowest BCUT2D eigenvalue weighted by Gasteiger charge is -2.11. The van der Waals surface area contributed by atoms with Crippen molar-refractivity contribution in [3.8, 4) is 5.75 Å². The van der Waals surface area contributed by atoms with Crippen molar-refractivity contribution in [3.05, 3.63) is 77.9 Å². The Hall–Kier alpha value is -2.88. The smallest absolute Gasteiger partial charge is 0.333 e. The number of esters is 1. The fraction of sp³-hybridized carbons (Fsp3) is 0.200. The van der Waals surface area contributed by atoms with Crippen molar-refractivity contribution >= 4 is 11.8 Å². The molecule has 0 saturated heterocycles. The summed E-state index contributed by atoms with van der Waals surface area (Å²) in [5, 5.41) is 0. The quantitative estimate of drug-likeness (QED) is 0.321. The molecule has 0 bridgehead atoms. The lowest BCUT2D eigenvalue weighted by Crippen LogP contribution is -2.10. The zero-order valence-electron chi connectivity index (χ0n) is 13.7. The van der Waals surface area contributed by atoms with E-state index in [1.54, 1.807) is 37.3 Å². The first kappa shape index (κ1) is 17.5. The van der Waals surface area contributed by atoms with E-state index in [0.717, 1.165) is 0 Å². The molecule has 0 saturated carbocycles. The van der Waals surface area contributed by atoms with Crippen LogP contribution in [0, 0.1) is 0 Å². The minimum atomic E-state index is -0.408. The molecule has 0 fully saturated rings. The number of benzene rings is 2. The number of hydrogen-bond acceptors (Lipinski definition) is 4. The molecule has 0 heterocycles. The van der Waals surface area contributed by atoms with Gasteiger partial charge in [-0.2, -0.15) is 0 Å². The first-order chi connectivity index (χ1) is 11.6. The lowest BCUT2D eigenvalue weighted by atomic mass is 10.0. The fourth-order valence-corrected chi connectivity index (χ4v) is 2.05. The van der Waals surface area contributed by atoms with E-state index in [-0.39, 0.29) is 12.4 Å². The van der Waals surface area contributed by atoms with Crippen molar-refractivity contribution < 1.29 is 19.1 Å². The van der Waals surface area contributed by atoms with Gasteiger partial charge in [0.05, 0.1) is 18.8 Å². The first-order valence-electron chi connectivity index (χ1n) is 7.74. The van der Waals surface area contributed by atoms with E-state index in [1.165, 1.54) is 0 Å². The van der Waals surface area contributed by atoms with Gasteiger partial charge in [-0.15, -0.1) is 0 Å². The molecule has 2 aromatic rings. The van der Waals surface area contributed by atoms with E-state index in [2.05, 4.69) is 6.58 Å². The highest BCUT2D eigenvalue weighted by molar-refractivity contribution is 6.10. The van der Waals surface area contributed by atoms with E-state index >= 15 is 0 Å². The molecule has 0 aliphatic carbocycles. The van der Waals surface area contributed by atoms with Gasteiger partial charge in [0.1, 0.15) is 5.75 Å². The maximum absolute atomic E-state index is 12.6. The predicted octanol–water partition coefficient (Wildman–Crippen LogP) is 3.81. The van der Waals surface area contributed by atoms with Gasteiger partial charge < -0.3 is 9.47 Å². The van der Waals surface area contributed by atoms with Crippen molar-refractivity contribution in [3.63, 3.8) is 0 Å². The highest BCUT2D eigenvalue weighted by Crippen LogP contribution is 2.21. The highest BCUT2D eigenvalue weighted by atomic mass is 16.5. The summed E-state index contributed by atoms with van der Waals surface area (Å²) in [5.74, 6) is 0.0344. The zero-order chi connectivity index (χ0) is 17.4. The Balaban J connectivity index is 1.93. The summed E-state index contributed by atoms with van der Waals surface area (Å²) in [6.07, 6.45) is 0.535. The third kappa shape index (κ3) is 4.81. The molecule has 0 N–H and O–H groups in total. The molecule has 0 amide bonds. The molecule has 4 heteroatoms. The van der Waals surface area contributed by atoms with Gasteiger partial charge in [0.2, 0.25) is 0 Å². The summed E-state index contributed by atoms with van der Waals surface area (Å²) in [5.41, 5.74) is 1.50. The van der Waals surface area contributed by atoms with Crippen LogP contribution in [0.15, 0.2) is 66.7 Å². The van der Waals surface area contributed by atoms with Gasteiger partial charge in [-0.3, -0.25) is 4.79 Å². The summed E-state index contributed by atoms with van der Waals surface area (Å²) in [6, 6.07) is 16.2. The van der Waals surface area contributed by atoms with Crippen LogP contribution in [0.2, 0.25) is 0 Å². The molecule has 0 radical (unpaired) electrons. The third-order valence-electron chi connectivity index (χ3n) is 3.30. The van der Waals surface area contributed by atoms with Crippen molar-refractivity contribution in [2.75, 3.05) is 13.2 Å². The second-order valence-corrected chi connectivity index (χ2v) is 5.31. The van der Waals surface area contributed by atoms with E-state index in [1.807, 2.05) is 24.3 Å². The minimum absolute atomic E-state index is 0.0834. The SMILES string of the molecule is C=C(C)C(=O)OCCCOc1ccccc1C(=O)c1ccccc1. The molecule has 0 atom stereocenters. The molecule has 124 valence electrons. The molecule has 4 nitrogen and oxygen atoms in total. The molecule has 24 heavy (non-hydrogen) atoms. The Kier molecular flexibility index (Phi) is 6.32. The summed E-state index contributed by atoms with van der Waals surface area (Å²) < 4.78 is 10.7.